The van der Waals surface area contributed by atoms with Gasteiger partial charge in [-0.3, -0.25) is 0 Å². The maximum atomic E-state index is 4.47. The quantitative estimate of drug-likeness (QED) is 0.938. The summed E-state index contributed by atoms with van der Waals surface area (Å²) in [6, 6.07) is 7.91. The molecule has 5 nitrogen and oxygen atoms in total. The molecule has 1 aromatic carbocycles. The van der Waals surface area contributed by atoms with Gasteiger partial charge < -0.3 is 10.2 Å². The van der Waals surface area contributed by atoms with Gasteiger partial charge in [0.25, 0.3) is 0 Å². The van der Waals surface area contributed by atoms with E-state index in [1.54, 1.807) is 0 Å². The fourth-order valence-corrected chi connectivity index (χ4v) is 1.96. The molecule has 2 rings (SSSR count). The first-order chi connectivity index (χ1) is 9.10. The summed E-state index contributed by atoms with van der Waals surface area (Å²) in [4.78, 5) is 15.1. The van der Waals surface area contributed by atoms with Gasteiger partial charge in [0.15, 0.2) is 5.82 Å². The van der Waals surface area contributed by atoms with Gasteiger partial charge in [-0.15, -0.1) is 0 Å². The lowest BCUT2D eigenvalue weighted by molar-refractivity contribution is 0.953. The zero-order valence-corrected chi connectivity index (χ0v) is 12.8. The second kappa shape index (κ2) is 5.97. The van der Waals surface area contributed by atoms with E-state index in [0.29, 0.717) is 17.7 Å². The predicted octanol–water partition coefficient (Wildman–Crippen LogP) is 2.80. The van der Waals surface area contributed by atoms with Crippen LogP contribution in [0.1, 0.15) is 6.92 Å². The molecule has 0 aliphatic rings. The lowest BCUT2D eigenvalue weighted by Gasteiger charge is -2.13. The molecule has 1 aromatic heterocycles. The van der Waals surface area contributed by atoms with E-state index in [0.717, 1.165) is 16.6 Å². The summed E-state index contributed by atoms with van der Waals surface area (Å²) in [7, 11) is 3.82. The lowest BCUT2D eigenvalue weighted by Crippen LogP contribution is -2.15. The molecule has 1 heterocycles. The van der Waals surface area contributed by atoms with Gasteiger partial charge in [0, 0.05) is 30.7 Å². The molecule has 6 heteroatoms. The van der Waals surface area contributed by atoms with E-state index in [2.05, 4.69) is 36.2 Å². The van der Waals surface area contributed by atoms with Crippen LogP contribution in [0.5, 0.6) is 0 Å². The fourth-order valence-electron chi connectivity index (χ4n) is 1.56. The van der Waals surface area contributed by atoms with Crippen molar-refractivity contribution in [3.8, 4) is 11.4 Å². The first-order valence-electron chi connectivity index (χ1n) is 6.03. The van der Waals surface area contributed by atoms with Crippen molar-refractivity contribution >= 4 is 27.8 Å². The van der Waals surface area contributed by atoms with E-state index < -0.39 is 0 Å². The molecule has 1 N–H and O–H groups in total. The van der Waals surface area contributed by atoms with Crippen LogP contribution < -0.4 is 10.2 Å². The van der Waals surface area contributed by atoms with E-state index in [4.69, 9.17) is 0 Å². The standard InChI is InChI=1S/C13H16BrN5/c1-4-15-12-16-11(17-13(18-12)19(2)3)9-6-5-7-10(14)8-9/h5-8H,4H2,1-3H3,(H,15,16,17,18). The van der Waals surface area contributed by atoms with Crippen LogP contribution in [0.4, 0.5) is 11.9 Å². The van der Waals surface area contributed by atoms with Gasteiger partial charge in [-0.2, -0.15) is 15.0 Å². The summed E-state index contributed by atoms with van der Waals surface area (Å²) < 4.78 is 1.00. The van der Waals surface area contributed by atoms with Gasteiger partial charge in [-0.1, -0.05) is 28.1 Å². The molecule has 0 aliphatic carbocycles. The average Bonchev–Trinajstić information content (AvgIpc) is 2.38. The smallest absolute Gasteiger partial charge is 0.230 e. The molecule has 100 valence electrons. The number of benzene rings is 1. The van der Waals surface area contributed by atoms with Crippen LogP contribution >= 0.6 is 15.9 Å². The van der Waals surface area contributed by atoms with Crippen molar-refractivity contribution in [3.63, 3.8) is 0 Å². The molecular formula is C13H16BrN5. The van der Waals surface area contributed by atoms with Crippen LogP contribution in [0.25, 0.3) is 11.4 Å². The molecule has 0 atom stereocenters. The Kier molecular flexibility index (Phi) is 4.31. The highest BCUT2D eigenvalue weighted by atomic mass is 79.9. The minimum Gasteiger partial charge on any atom is -0.354 e. The normalized spacial score (nSPS) is 10.3. The summed E-state index contributed by atoms with van der Waals surface area (Å²) in [6.45, 7) is 2.78. The van der Waals surface area contributed by atoms with Gasteiger partial charge in [-0.25, -0.2) is 0 Å². The number of nitrogens with one attached hydrogen (secondary N) is 1. The zero-order chi connectivity index (χ0) is 13.8. The minimum atomic E-state index is 0.594. The number of aromatic nitrogens is 3. The van der Waals surface area contributed by atoms with Crippen molar-refractivity contribution in [2.24, 2.45) is 0 Å². The molecule has 0 bridgehead atoms. The van der Waals surface area contributed by atoms with Crippen LogP contribution in [-0.2, 0) is 0 Å². The molecule has 0 aliphatic heterocycles. The third kappa shape index (κ3) is 3.41. The van der Waals surface area contributed by atoms with Crippen LogP contribution in [0.2, 0.25) is 0 Å². The monoisotopic (exact) mass is 321 g/mol. The zero-order valence-electron chi connectivity index (χ0n) is 11.2. The number of anilines is 2. The maximum absolute atomic E-state index is 4.47. The third-order valence-corrected chi connectivity index (χ3v) is 2.93. The molecule has 19 heavy (non-hydrogen) atoms. The second-order valence-electron chi connectivity index (χ2n) is 4.22. The Balaban J connectivity index is 2.49. The van der Waals surface area contributed by atoms with Crippen molar-refractivity contribution in [2.45, 2.75) is 6.92 Å². The lowest BCUT2D eigenvalue weighted by atomic mass is 10.2. The van der Waals surface area contributed by atoms with Crippen molar-refractivity contribution in [1.82, 2.24) is 15.0 Å². The molecular weight excluding hydrogens is 306 g/mol. The van der Waals surface area contributed by atoms with Crippen molar-refractivity contribution in [3.05, 3.63) is 28.7 Å². The molecule has 0 radical (unpaired) electrons. The molecule has 2 aromatic rings. The first-order valence-corrected chi connectivity index (χ1v) is 6.82. The Hall–Kier alpha value is -1.69. The van der Waals surface area contributed by atoms with Gasteiger partial charge in [-0.05, 0) is 19.1 Å². The SMILES string of the molecule is CCNc1nc(-c2cccc(Br)c2)nc(N(C)C)n1. The average molecular weight is 322 g/mol. The molecule has 0 saturated heterocycles. The summed E-state index contributed by atoms with van der Waals surface area (Å²) in [6.07, 6.45) is 0. The van der Waals surface area contributed by atoms with E-state index >= 15 is 0 Å². The number of rotatable bonds is 4. The van der Waals surface area contributed by atoms with Crippen LogP contribution in [0.15, 0.2) is 28.7 Å². The topological polar surface area (TPSA) is 53.9 Å². The van der Waals surface area contributed by atoms with Gasteiger partial charge in [0.05, 0.1) is 0 Å². The number of hydrogen-bond acceptors (Lipinski definition) is 5. The Morgan fingerprint density at radius 3 is 2.63 bits per heavy atom. The highest BCUT2D eigenvalue weighted by molar-refractivity contribution is 9.10. The van der Waals surface area contributed by atoms with Gasteiger partial charge in [0.1, 0.15) is 0 Å². The molecule has 0 amide bonds. The van der Waals surface area contributed by atoms with E-state index in [9.17, 15) is 0 Å². The van der Waals surface area contributed by atoms with E-state index in [1.807, 2.05) is 50.2 Å². The second-order valence-corrected chi connectivity index (χ2v) is 5.13. The van der Waals surface area contributed by atoms with Crippen LogP contribution in [0.3, 0.4) is 0 Å². The molecule has 0 spiro atoms. The summed E-state index contributed by atoms with van der Waals surface area (Å²) in [5, 5.41) is 3.13. The number of hydrogen-bond donors (Lipinski definition) is 1. The van der Waals surface area contributed by atoms with Gasteiger partial charge in [0.2, 0.25) is 11.9 Å². The maximum Gasteiger partial charge on any atom is 0.230 e. The number of nitrogens with zero attached hydrogens (tertiary/aromatic N) is 4. The van der Waals surface area contributed by atoms with Crippen LogP contribution in [-0.4, -0.2) is 35.6 Å². The largest absolute Gasteiger partial charge is 0.354 e. The van der Waals surface area contributed by atoms with Crippen molar-refractivity contribution < 1.29 is 0 Å². The summed E-state index contributed by atoms with van der Waals surface area (Å²) in [5.41, 5.74) is 0.957. The summed E-state index contributed by atoms with van der Waals surface area (Å²) >= 11 is 3.46. The van der Waals surface area contributed by atoms with Gasteiger partial charge >= 0.3 is 0 Å². The highest BCUT2D eigenvalue weighted by Gasteiger charge is 2.09. The first kappa shape index (κ1) is 13.7. The Morgan fingerprint density at radius 2 is 2.00 bits per heavy atom. The molecule has 0 unspecified atom stereocenters. The van der Waals surface area contributed by atoms with E-state index in [-0.39, 0.29) is 0 Å². The van der Waals surface area contributed by atoms with E-state index in [1.165, 1.54) is 0 Å². The minimum absolute atomic E-state index is 0.594. The third-order valence-electron chi connectivity index (χ3n) is 2.44. The van der Waals surface area contributed by atoms with Crippen molar-refractivity contribution in [1.29, 1.82) is 0 Å². The molecule has 0 saturated carbocycles. The Morgan fingerprint density at radius 1 is 1.21 bits per heavy atom. The number of halogens is 1. The Bertz CT molecular complexity index is 571. The summed E-state index contributed by atoms with van der Waals surface area (Å²) in [5.74, 6) is 1.90. The Labute approximate surface area is 121 Å². The molecule has 0 fully saturated rings. The highest BCUT2D eigenvalue weighted by Crippen LogP contribution is 2.22. The fraction of sp³-hybridized carbons (Fsp3) is 0.308. The predicted molar refractivity (Wildman–Crippen MR) is 81.5 cm³/mol. The van der Waals surface area contributed by atoms with Crippen molar-refractivity contribution in [2.75, 3.05) is 30.9 Å². The van der Waals surface area contributed by atoms with Crippen LogP contribution in [0, 0.1) is 0 Å².